The van der Waals surface area contributed by atoms with Crippen LogP contribution in [0, 0.1) is 5.82 Å². The van der Waals surface area contributed by atoms with Gasteiger partial charge in [0.05, 0.1) is 25.4 Å². The highest BCUT2D eigenvalue weighted by atomic mass is 19.1. The van der Waals surface area contributed by atoms with Crippen molar-refractivity contribution in [2.75, 3.05) is 30.3 Å². The number of rotatable bonds is 7. The van der Waals surface area contributed by atoms with E-state index < -0.39 is 24.0 Å². The lowest BCUT2D eigenvalue weighted by Crippen LogP contribution is -2.25. The monoisotopic (exact) mass is 433 g/mol. The molecule has 2 atom stereocenters. The van der Waals surface area contributed by atoms with Crippen molar-refractivity contribution in [2.45, 2.75) is 25.1 Å². The molecule has 0 radical (unpaired) electrons. The Morgan fingerprint density at radius 2 is 2.23 bits per heavy atom. The van der Waals surface area contributed by atoms with Crippen molar-refractivity contribution < 1.29 is 23.4 Å². The van der Waals surface area contributed by atoms with E-state index in [0.717, 1.165) is 6.20 Å². The fraction of sp³-hybridized carbons (Fsp3) is 0.368. The van der Waals surface area contributed by atoms with Gasteiger partial charge in [-0.1, -0.05) is 0 Å². The van der Waals surface area contributed by atoms with Crippen LogP contribution in [0.2, 0.25) is 0 Å². The van der Waals surface area contributed by atoms with Crippen LogP contribution in [0.3, 0.4) is 0 Å². The van der Waals surface area contributed by atoms with Gasteiger partial charge in [0.15, 0.2) is 11.5 Å². The van der Waals surface area contributed by atoms with E-state index in [4.69, 9.17) is 16.2 Å². The van der Waals surface area contributed by atoms with E-state index in [9.17, 15) is 18.7 Å². The Balaban J connectivity index is 1.75. The number of nitrogens with zero attached hydrogens (tertiary/aromatic N) is 5. The van der Waals surface area contributed by atoms with Crippen molar-refractivity contribution in [3.8, 4) is 5.88 Å². The second kappa shape index (κ2) is 8.30. The number of carbonyl (C=O) groups is 1. The lowest BCUT2D eigenvalue weighted by atomic mass is 10.1. The number of nitrogen functional groups attached to an aromatic ring is 1. The summed E-state index contributed by atoms with van der Waals surface area (Å²) in [6.45, 7) is 0.691. The van der Waals surface area contributed by atoms with E-state index >= 15 is 0 Å². The molecule has 31 heavy (non-hydrogen) atoms. The molecule has 0 bridgehead atoms. The number of anilines is 2. The lowest BCUT2D eigenvalue weighted by Gasteiger charge is -2.26. The molecule has 0 unspecified atom stereocenters. The normalized spacial score (nSPS) is 18.6. The number of ether oxygens (including phenoxy) is 1. The predicted molar refractivity (Wildman–Crippen MR) is 107 cm³/mol. The minimum atomic E-state index is -1.27. The van der Waals surface area contributed by atoms with E-state index in [-0.39, 0.29) is 42.5 Å². The molecule has 0 spiro atoms. The zero-order chi connectivity index (χ0) is 22.1. The van der Waals surface area contributed by atoms with Gasteiger partial charge >= 0.3 is 5.97 Å². The van der Waals surface area contributed by atoms with Gasteiger partial charge in [-0.05, 0) is 25.1 Å². The van der Waals surface area contributed by atoms with Gasteiger partial charge in [-0.15, -0.1) is 5.10 Å². The molecule has 12 heteroatoms. The molecule has 3 aromatic rings. The van der Waals surface area contributed by atoms with Gasteiger partial charge in [-0.2, -0.15) is 0 Å². The lowest BCUT2D eigenvalue weighted by molar-refractivity contribution is 0.0700. The van der Waals surface area contributed by atoms with Crippen LogP contribution in [-0.2, 0) is 0 Å². The summed E-state index contributed by atoms with van der Waals surface area (Å²) in [5.41, 5.74) is 11.3. The Labute approximate surface area is 175 Å². The molecule has 1 fully saturated rings. The maximum atomic E-state index is 14.5. The number of carboxylic acid groups (broad SMARTS) is 1. The molecular weight excluding hydrogens is 412 g/mol. The molecule has 0 aliphatic carbocycles. The minimum absolute atomic E-state index is 0.0153. The number of nitrogens with two attached hydrogens (primary N) is 2. The van der Waals surface area contributed by atoms with Crippen LogP contribution in [0.15, 0.2) is 24.5 Å². The maximum absolute atomic E-state index is 14.5. The molecule has 3 aromatic heterocycles. The van der Waals surface area contributed by atoms with E-state index in [2.05, 4.69) is 15.1 Å². The first kappa shape index (κ1) is 20.7. The van der Waals surface area contributed by atoms with Crippen LogP contribution >= 0.6 is 0 Å². The van der Waals surface area contributed by atoms with Crippen molar-refractivity contribution in [1.82, 2.24) is 19.6 Å². The quantitative estimate of drug-likeness (QED) is 0.473. The van der Waals surface area contributed by atoms with Crippen LogP contribution in [-0.4, -0.2) is 56.5 Å². The molecule has 1 saturated heterocycles. The fourth-order valence-corrected chi connectivity index (χ4v) is 3.69. The van der Waals surface area contributed by atoms with Crippen molar-refractivity contribution in [3.63, 3.8) is 0 Å². The molecule has 0 amide bonds. The van der Waals surface area contributed by atoms with E-state index in [1.165, 1.54) is 16.8 Å². The SMILES string of the molecule is NCCCOc1ncc(F)cc1[C@H]1C[C@H](F)CN1c1ccn2nc(N)c(C(=O)O)c2n1. The van der Waals surface area contributed by atoms with Crippen LogP contribution in [0.25, 0.3) is 5.65 Å². The smallest absolute Gasteiger partial charge is 0.343 e. The molecule has 4 heterocycles. The number of halogens is 2. The average Bonchev–Trinajstić information content (AvgIpc) is 3.27. The Morgan fingerprint density at radius 3 is 2.97 bits per heavy atom. The summed E-state index contributed by atoms with van der Waals surface area (Å²) >= 11 is 0. The molecule has 5 N–H and O–H groups in total. The van der Waals surface area contributed by atoms with Gasteiger partial charge < -0.3 is 26.2 Å². The van der Waals surface area contributed by atoms with Gasteiger partial charge in [0.25, 0.3) is 0 Å². The second-order valence-corrected chi connectivity index (χ2v) is 7.16. The molecule has 0 saturated carbocycles. The summed E-state index contributed by atoms with van der Waals surface area (Å²) in [5.74, 6) is -1.53. The Bertz CT molecular complexity index is 1120. The fourth-order valence-electron chi connectivity index (χ4n) is 3.69. The number of alkyl halides is 1. The number of hydrogen-bond donors (Lipinski definition) is 3. The molecule has 1 aliphatic heterocycles. The van der Waals surface area contributed by atoms with Crippen LogP contribution in [0.4, 0.5) is 20.4 Å². The van der Waals surface area contributed by atoms with E-state index in [1.54, 1.807) is 11.0 Å². The van der Waals surface area contributed by atoms with Gasteiger partial charge in [0, 0.05) is 18.2 Å². The summed E-state index contributed by atoms with van der Waals surface area (Å²) in [5, 5.41) is 13.4. The maximum Gasteiger partial charge on any atom is 0.343 e. The summed E-state index contributed by atoms with van der Waals surface area (Å²) in [4.78, 5) is 21.6. The first-order valence-electron chi connectivity index (χ1n) is 9.66. The van der Waals surface area contributed by atoms with Crippen molar-refractivity contribution in [1.29, 1.82) is 0 Å². The topological polar surface area (TPSA) is 145 Å². The summed E-state index contributed by atoms with van der Waals surface area (Å²) in [6.07, 6.45) is 1.96. The number of carboxylic acids is 1. The van der Waals surface area contributed by atoms with Gasteiger partial charge in [0.2, 0.25) is 5.88 Å². The third-order valence-electron chi connectivity index (χ3n) is 5.05. The van der Waals surface area contributed by atoms with E-state index in [0.29, 0.717) is 24.3 Å². The second-order valence-electron chi connectivity index (χ2n) is 7.16. The third-order valence-corrected chi connectivity index (χ3v) is 5.05. The molecule has 0 aromatic carbocycles. The molecule has 1 aliphatic rings. The van der Waals surface area contributed by atoms with Crippen molar-refractivity contribution in [2.24, 2.45) is 5.73 Å². The number of fused-ring (bicyclic) bond motifs is 1. The molecule has 164 valence electrons. The molecule has 4 rings (SSSR count). The van der Waals surface area contributed by atoms with Crippen LogP contribution in [0.5, 0.6) is 5.88 Å². The third kappa shape index (κ3) is 3.93. The van der Waals surface area contributed by atoms with Gasteiger partial charge in [0.1, 0.15) is 23.4 Å². The van der Waals surface area contributed by atoms with Crippen molar-refractivity contribution in [3.05, 3.63) is 41.5 Å². The van der Waals surface area contributed by atoms with E-state index in [1.807, 2.05) is 0 Å². The standard InChI is InChI=1S/C19H21F2N7O3/c20-10-6-12(18(24-8-10)31-5-1-3-22)13-7-11(21)9-27(13)14-2-4-28-17(25-14)15(19(29)30)16(23)26-28/h2,4,6,8,11,13H,1,3,5,7,9,22H2,(H2,23,26)(H,29,30)/t11-,13+/m0/s1. The van der Waals surface area contributed by atoms with Gasteiger partial charge in [-0.3, -0.25) is 0 Å². The number of hydrogen-bond acceptors (Lipinski definition) is 8. The highest BCUT2D eigenvalue weighted by Crippen LogP contribution is 2.40. The average molecular weight is 433 g/mol. The molecule has 10 nitrogen and oxygen atoms in total. The highest BCUT2D eigenvalue weighted by Gasteiger charge is 2.37. The summed E-state index contributed by atoms with van der Waals surface area (Å²) < 4.78 is 35.4. The predicted octanol–water partition coefficient (Wildman–Crippen LogP) is 1.56. The summed E-state index contributed by atoms with van der Waals surface area (Å²) in [7, 11) is 0. The van der Waals surface area contributed by atoms with Crippen LogP contribution in [0.1, 0.15) is 34.8 Å². The molecular formula is C19H21F2N7O3. The highest BCUT2D eigenvalue weighted by molar-refractivity contribution is 5.99. The van der Waals surface area contributed by atoms with Crippen LogP contribution < -0.4 is 21.1 Å². The number of aromatic nitrogens is 4. The zero-order valence-electron chi connectivity index (χ0n) is 16.4. The zero-order valence-corrected chi connectivity index (χ0v) is 16.4. The van der Waals surface area contributed by atoms with Crippen molar-refractivity contribution >= 4 is 23.3 Å². The minimum Gasteiger partial charge on any atom is -0.477 e. The number of pyridine rings is 1. The largest absolute Gasteiger partial charge is 0.477 e. The first-order valence-corrected chi connectivity index (χ1v) is 9.66. The first-order chi connectivity index (χ1) is 14.9. The summed E-state index contributed by atoms with van der Waals surface area (Å²) in [6, 6.07) is 2.21. The Hall–Kier alpha value is -3.54. The number of aromatic carboxylic acids is 1. The Morgan fingerprint density at radius 1 is 1.42 bits per heavy atom. The van der Waals surface area contributed by atoms with Gasteiger partial charge in [-0.25, -0.2) is 28.1 Å². The Kier molecular flexibility index (Phi) is 5.55.